The summed E-state index contributed by atoms with van der Waals surface area (Å²) in [7, 11) is 0. The van der Waals surface area contributed by atoms with Crippen LogP contribution in [0.3, 0.4) is 0 Å². The first-order valence-corrected chi connectivity index (χ1v) is 12.0. The molecule has 0 atom stereocenters. The van der Waals surface area contributed by atoms with E-state index in [1.165, 1.54) is 32.4 Å². The van der Waals surface area contributed by atoms with Gasteiger partial charge in [0, 0.05) is 57.4 Å². The van der Waals surface area contributed by atoms with Gasteiger partial charge in [-0.05, 0) is 51.7 Å². The normalized spacial score (nSPS) is 23.3. The Morgan fingerprint density at radius 2 is 1.80 bits per heavy atom. The molecule has 2 aliphatic heterocycles. The maximum Gasteiger partial charge on any atom is 0.121 e. The molecule has 1 saturated carbocycles. The van der Waals surface area contributed by atoms with Crippen LogP contribution >= 0.6 is 0 Å². The van der Waals surface area contributed by atoms with Gasteiger partial charge in [-0.2, -0.15) is 0 Å². The molecule has 0 bridgehead atoms. The van der Waals surface area contributed by atoms with Crippen LogP contribution < -0.4 is 4.74 Å². The van der Waals surface area contributed by atoms with E-state index in [4.69, 9.17) is 9.72 Å². The number of likely N-dealkylation sites (tertiary alicyclic amines) is 1. The molecule has 6 nitrogen and oxygen atoms in total. The molecule has 2 saturated heterocycles. The van der Waals surface area contributed by atoms with Crippen molar-refractivity contribution in [3.05, 3.63) is 24.0 Å². The molecule has 30 heavy (non-hydrogen) atoms. The zero-order valence-electron chi connectivity index (χ0n) is 18.6. The second-order valence-electron chi connectivity index (χ2n) is 9.71. The van der Waals surface area contributed by atoms with Crippen molar-refractivity contribution in [2.45, 2.75) is 70.7 Å². The number of fused-ring (bicyclic) bond motifs is 1. The lowest BCUT2D eigenvalue weighted by Crippen LogP contribution is -2.48. The Hall–Kier alpha value is -1.63. The molecule has 0 unspecified atom stereocenters. The first-order chi connectivity index (χ1) is 14.6. The van der Waals surface area contributed by atoms with Crippen LogP contribution in [-0.2, 0) is 6.54 Å². The average Bonchev–Trinajstić information content (AvgIpc) is 3.10. The van der Waals surface area contributed by atoms with Crippen molar-refractivity contribution in [2.75, 3.05) is 39.3 Å². The Labute approximate surface area is 180 Å². The van der Waals surface area contributed by atoms with Crippen molar-refractivity contribution in [2.24, 2.45) is 0 Å². The molecule has 6 heteroatoms. The summed E-state index contributed by atoms with van der Waals surface area (Å²) in [5.74, 6) is 2.04. The third kappa shape index (κ3) is 4.51. The molecule has 1 N–H and O–H groups in total. The number of aromatic amines is 1. The molecule has 0 radical (unpaired) electrons. The number of nitrogens with one attached hydrogen (secondary N) is 1. The summed E-state index contributed by atoms with van der Waals surface area (Å²) < 4.78 is 6.35. The first kappa shape index (κ1) is 20.3. The van der Waals surface area contributed by atoms with Crippen LogP contribution in [0.25, 0.3) is 11.0 Å². The zero-order chi connectivity index (χ0) is 20.5. The Balaban J connectivity index is 1.15. The third-order valence-corrected chi connectivity index (χ3v) is 7.38. The van der Waals surface area contributed by atoms with E-state index in [1.807, 2.05) is 0 Å². The molecule has 0 spiro atoms. The number of H-pyrrole nitrogens is 1. The van der Waals surface area contributed by atoms with Gasteiger partial charge in [-0.15, -0.1) is 0 Å². The molecule has 1 aromatic carbocycles. The van der Waals surface area contributed by atoms with Crippen molar-refractivity contribution in [3.63, 3.8) is 0 Å². The summed E-state index contributed by atoms with van der Waals surface area (Å²) in [6.07, 6.45) is 6.85. The highest BCUT2D eigenvalue weighted by molar-refractivity contribution is 5.76. The third-order valence-electron chi connectivity index (χ3n) is 7.38. The van der Waals surface area contributed by atoms with Gasteiger partial charge in [0.05, 0.1) is 17.6 Å². The van der Waals surface area contributed by atoms with Gasteiger partial charge in [0.15, 0.2) is 0 Å². The first-order valence-electron chi connectivity index (χ1n) is 12.0. The maximum atomic E-state index is 6.35. The topological polar surface area (TPSA) is 47.6 Å². The number of rotatable bonds is 6. The predicted molar refractivity (Wildman–Crippen MR) is 121 cm³/mol. The van der Waals surface area contributed by atoms with E-state index < -0.39 is 0 Å². The molecule has 5 rings (SSSR count). The molecule has 1 aliphatic carbocycles. The Morgan fingerprint density at radius 1 is 1.03 bits per heavy atom. The minimum absolute atomic E-state index is 0.346. The number of piperidine rings is 1. The molecule has 164 valence electrons. The van der Waals surface area contributed by atoms with Crippen LogP contribution in [0.5, 0.6) is 5.75 Å². The van der Waals surface area contributed by atoms with E-state index >= 15 is 0 Å². The summed E-state index contributed by atoms with van der Waals surface area (Å²) in [6, 6.07) is 7.83. The fourth-order valence-electron chi connectivity index (χ4n) is 5.14. The number of piperazine rings is 1. The van der Waals surface area contributed by atoms with Crippen molar-refractivity contribution < 1.29 is 4.74 Å². The van der Waals surface area contributed by atoms with Crippen LogP contribution in [-0.4, -0.2) is 82.1 Å². The predicted octanol–water partition coefficient (Wildman–Crippen LogP) is 3.48. The van der Waals surface area contributed by atoms with Gasteiger partial charge in [0.1, 0.15) is 17.7 Å². The Bertz CT molecular complexity index is 829. The molecule has 0 amide bonds. The second kappa shape index (κ2) is 8.85. The lowest BCUT2D eigenvalue weighted by atomic mass is 9.90. The van der Waals surface area contributed by atoms with Gasteiger partial charge in [0.2, 0.25) is 0 Å². The molecular weight excluding hydrogens is 374 g/mol. The van der Waals surface area contributed by atoms with E-state index in [1.54, 1.807) is 0 Å². The molecule has 3 fully saturated rings. The van der Waals surface area contributed by atoms with Crippen LogP contribution in [0, 0.1) is 0 Å². The average molecular weight is 412 g/mol. The van der Waals surface area contributed by atoms with E-state index in [0.29, 0.717) is 12.1 Å². The molecule has 1 aromatic heterocycles. The van der Waals surface area contributed by atoms with Crippen LogP contribution in [0.2, 0.25) is 0 Å². The number of imidazole rings is 1. The summed E-state index contributed by atoms with van der Waals surface area (Å²) >= 11 is 0. The summed E-state index contributed by atoms with van der Waals surface area (Å²) in [5, 5.41) is 0. The fraction of sp³-hybridized carbons (Fsp3) is 0.708. The lowest BCUT2D eigenvalue weighted by Gasteiger charge is -2.41. The second-order valence-corrected chi connectivity index (χ2v) is 9.71. The van der Waals surface area contributed by atoms with E-state index in [2.05, 4.69) is 51.7 Å². The number of hydrogen-bond acceptors (Lipinski definition) is 5. The van der Waals surface area contributed by atoms with E-state index in [9.17, 15) is 0 Å². The highest BCUT2D eigenvalue weighted by atomic mass is 16.5. The minimum atomic E-state index is 0.346. The largest absolute Gasteiger partial charge is 0.490 e. The van der Waals surface area contributed by atoms with E-state index in [0.717, 1.165) is 74.2 Å². The Morgan fingerprint density at radius 3 is 2.47 bits per heavy atom. The standard InChI is InChI=1S/C24H37N5O/c1-18(2)28-14-12-27(13-15-28)17-24-25-22-7-6-21(16-23(22)26-24)30-20-8-10-29(11-9-20)19-4-3-5-19/h6-7,16,18-20H,3-5,8-15,17H2,1-2H3,(H,25,26). The van der Waals surface area contributed by atoms with Gasteiger partial charge in [-0.25, -0.2) is 4.98 Å². The highest BCUT2D eigenvalue weighted by Crippen LogP contribution is 2.29. The molecular formula is C24H37N5O. The number of aromatic nitrogens is 2. The number of nitrogens with zero attached hydrogens (tertiary/aromatic N) is 4. The molecule has 3 aliphatic rings. The maximum absolute atomic E-state index is 6.35. The van der Waals surface area contributed by atoms with Crippen LogP contribution in [0.1, 0.15) is 51.8 Å². The van der Waals surface area contributed by atoms with E-state index in [-0.39, 0.29) is 0 Å². The quantitative estimate of drug-likeness (QED) is 0.789. The molecule has 3 heterocycles. The fourth-order valence-corrected chi connectivity index (χ4v) is 5.14. The SMILES string of the molecule is CC(C)N1CCN(Cc2nc3ccc(OC4CCN(C5CCC5)CC4)cc3[nH]2)CC1. The summed E-state index contributed by atoms with van der Waals surface area (Å²) in [6.45, 7) is 12.4. The highest BCUT2D eigenvalue weighted by Gasteiger charge is 2.29. The van der Waals surface area contributed by atoms with Gasteiger partial charge >= 0.3 is 0 Å². The van der Waals surface area contributed by atoms with Crippen LogP contribution in [0.4, 0.5) is 0 Å². The summed E-state index contributed by atoms with van der Waals surface area (Å²) in [5.41, 5.74) is 2.13. The zero-order valence-corrected chi connectivity index (χ0v) is 18.6. The van der Waals surface area contributed by atoms with Crippen LogP contribution in [0.15, 0.2) is 18.2 Å². The van der Waals surface area contributed by atoms with Crippen molar-refractivity contribution >= 4 is 11.0 Å². The Kier molecular flexibility index (Phi) is 5.98. The van der Waals surface area contributed by atoms with Crippen molar-refractivity contribution in [3.8, 4) is 5.75 Å². The number of benzene rings is 1. The monoisotopic (exact) mass is 411 g/mol. The minimum Gasteiger partial charge on any atom is -0.490 e. The lowest BCUT2D eigenvalue weighted by molar-refractivity contribution is 0.0494. The van der Waals surface area contributed by atoms with Gasteiger partial charge < -0.3 is 14.6 Å². The summed E-state index contributed by atoms with van der Waals surface area (Å²) in [4.78, 5) is 16.1. The van der Waals surface area contributed by atoms with Gasteiger partial charge in [0.25, 0.3) is 0 Å². The number of ether oxygens (including phenoxy) is 1. The smallest absolute Gasteiger partial charge is 0.121 e. The molecule has 2 aromatic rings. The van der Waals surface area contributed by atoms with Crippen molar-refractivity contribution in [1.82, 2.24) is 24.7 Å². The van der Waals surface area contributed by atoms with Gasteiger partial charge in [-0.3, -0.25) is 9.80 Å². The van der Waals surface area contributed by atoms with Gasteiger partial charge in [-0.1, -0.05) is 6.42 Å². The van der Waals surface area contributed by atoms with Crippen molar-refractivity contribution in [1.29, 1.82) is 0 Å². The number of hydrogen-bond donors (Lipinski definition) is 1.